The molecule has 1 aromatic carbocycles. The van der Waals surface area contributed by atoms with Gasteiger partial charge in [-0.3, -0.25) is 9.48 Å². The van der Waals surface area contributed by atoms with E-state index in [1.807, 2.05) is 6.92 Å². The molecule has 0 saturated carbocycles. The maximum absolute atomic E-state index is 12.2. The molecule has 1 aromatic heterocycles. The average molecular weight is 289 g/mol. The number of benzene rings is 1. The van der Waals surface area contributed by atoms with Gasteiger partial charge < -0.3 is 15.5 Å². The van der Waals surface area contributed by atoms with Crippen LogP contribution in [0.15, 0.2) is 24.3 Å². The summed E-state index contributed by atoms with van der Waals surface area (Å²) in [5.74, 6) is -2.21. The molecule has 7 nitrogen and oxygen atoms in total. The number of anilines is 1. The number of phenols is 1. The average Bonchev–Trinajstić information content (AvgIpc) is 2.82. The van der Waals surface area contributed by atoms with E-state index in [0.717, 1.165) is 5.69 Å². The number of aromatic carboxylic acids is 1. The van der Waals surface area contributed by atoms with E-state index in [9.17, 15) is 14.7 Å². The van der Waals surface area contributed by atoms with Crippen molar-refractivity contribution in [3.8, 4) is 5.75 Å². The molecule has 0 aliphatic rings. The van der Waals surface area contributed by atoms with Crippen LogP contribution in [0.25, 0.3) is 0 Å². The molecule has 0 radical (unpaired) electrons. The number of carbonyl (C=O) groups excluding carboxylic acids is 1. The molecule has 2 rings (SSSR count). The number of amides is 1. The number of nitrogens with zero attached hydrogens (tertiary/aromatic N) is 2. The molecule has 0 aliphatic carbocycles. The number of carbonyl (C=O) groups is 2. The summed E-state index contributed by atoms with van der Waals surface area (Å²) < 4.78 is 1.44. The second-order valence-electron chi connectivity index (χ2n) is 4.46. The van der Waals surface area contributed by atoms with Gasteiger partial charge in [0.1, 0.15) is 11.3 Å². The largest absolute Gasteiger partial charge is 0.505 e. The van der Waals surface area contributed by atoms with Crippen LogP contribution in [-0.2, 0) is 13.5 Å². The van der Waals surface area contributed by atoms with Crippen LogP contribution < -0.4 is 5.32 Å². The molecule has 0 unspecified atom stereocenters. The van der Waals surface area contributed by atoms with Gasteiger partial charge in [0.2, 0.25) is 0 Å². The third kappa shape index (κ3) is 2.86. The Labute approximate surface area is 120 Å². The molecular formula is C14H15N3O4. The molecule has 7 heteroatoms. The van der Waals surface area contributed by atoms with Gasteiger partial charge in [-0.2, -0.15) is 5.10 Å². The lowest BCUT2D eigenvalue weighted by Crippen LogP contribution is -2.16. The second kappa shape index (κ2) is 5.66. The zero-order valence-corrected chi connectivity index (χ0v) is 11.6. The predicted molar refractivity (Wildman–Crippen MR) is 75.6 cm³/mol. The first-order chi connectivity index (χ1) is 9.93. The number of aromatic nitrogens is 2. The smallest absolute Gasteiger partial charge is 0.339 e. The minimum absolute atomic E-state index is 0.0409. The van der Waals surface area contributed by atoms with E-state index in [1.54, 1.807) is 13.1 Å². The summed E-state index contributed by atoms with van der Waals surface area (Å²) >= 11 is 0. The minimum atomic E-state index is -1.27. The normalized spacial score (nSPS) is 10.4. The number of hydrogen-bond donors (Lipinski definition) is 3. The van der Waals surface area contributed by atoms with Crippen molar-refractivity contribution in [2.24, 2.45) is 7.05 Å². The molecule has 0 bridgehead atoms. The number of carboxylic acids is 1. The van der Waals surface area contributed by atoms with Crippen LogP contribution in [0.4, 0.5) is 5.69 Å². The number of aryl methyl sites for hydroxylation is 2. The summed E-state index contributed by atoms with van der Waals surface area (Å²) in [6.45, 7) is 1.92. The van der Waals surface area contributed by atoms with Crippen LogP contribution >= 0.6 is 0 Å². The van der Waals surface area contributed by atoms with Crippen LogP contribution in [-0.4, -0.2) is 31.9 Å². The minimum Gasteiger partial charge on any atom is -0.505 e. The first-order valence-electron chi connectivity index (χ1n) is 6.33. The van der Waals surface area contributed by atoms with Crippen molar-refractivity contribution in [1.29, 1.82) is 0 Å². The zero-order valence-electron chi connectivity index (χ0n) is 11.6. The Kier molecular flexibility index (Phi) is 3.93. The lowest BCUT2D eigenvalue weighted by atomic mass is 10.1. The Morgan fingerprint density at radius 1 is 1.38 bits per heavy atom. The van der Waals surface area contributed by atoms with Crippen LogP contribution in [0.2, 0.25) is 0 Å². The third-order valence-electron chi connectivity index (χ3n) is 3.04. The van der Waals surface area contributed by atoms with Crippen molar-refractivity contribution >= 4 is 17.6 Å². The number of carboxylic acid groups (broad SMARTS) is 1. The summed E-state index contributed by atoms with van der Waals surface area (Å²) in [7, 11) is 1.64. The van der Waals surface area contributed by atoms with Gasteiger partial charge in [0.05, 0.1) is 11.4 Å². The van der Waals surface area contributed by atoms with Gasteiger partial charge in [0.15, 0.2) is 5.75 Å². The van der Waals surface area contributed by atoms with Gasteiger partial charge >= 0.3 is 5.97 Å². The Balaban J connectivity index is 2.29. The van der Waals surface area contributed by atoms with Crippen molar-refractivity contribution in [1.82, 2.24) is 9.78 Å². The lowest BCUT2D eigenvalue weighted by molar-refractivity contribution is 0.0693. The van der Waals surface area contributed by atoms with Crippen molar-refractivity contribution in [2.75, 3.05) is 5.32 Å². The quantitative estimate of drug-likeness (QED) is 0.742. The van der Waals surface area contributed by atoms with Crippen LogP contribution in [0.1, 0.15) is 33.5 Å². The fraction of sp³-hybridized carbons (Fsp3) is 0.214. The van der Waals surface area contributed by atoms with Crippen molar-refractivity contribution in [3.63, 3.8) is 0 Å². The topological polar surface area (TPSA) is 104 Å². The highest BCUT2D eigenvalue weighted by molar-refractivity contribution is 6.05. The molecular weight excluding hydrogens is 274 g/mol. The fourth-order valence-electron chi connectivity index (χ4n) is 1.92. The molecule has 0 aliphatic heterocycles. The molecule has 0 spiro atoms. The molecule has 21 heavy (non-hydrogen) atoms. The molecule has 2 aromatic rings. The van der Waals surface area contributed by atoms with Gasteiger partial charge in [-0.15, -0.1) is 0 Å². The highest BCUT2D eigenvalue weighted by Crippen LogP contribution is 2.27. The van der Waals surface area contributed by atoms with Crippen molar-refractivity contribution < 1.29 is 19.8 Å². The molecule has 1 heterocycles. The van der Waals surface area contributed by atoms with Gasteiger partial charge in [-0.1, -0.05) is 13.0 Å². The van der Waals surface area contributed by atoms with E-state index in [2.05, 4.69) is 10.4 Å². The molecule has 0 fully saturated rings. The number of hydrogen-bond acceptors (Lipinski definition) is 4. The maximum Gasteiger partial charge on any atom is 0.339 e. The lowest BCUT2D eigenvalue weighted by Gasteiger charge is -2.09. The van der Waals surface area contributed by atoms with E-state index in [4.69, 9.17) is 5.11 Å². The Morgan fingerprint density at radius 2 is 2.10 bits per heavy atom. The second-order valence-corrected chi connectivity index (χ2v) is 4.46. The first kappa shape index (κ1) is 14.6. The van der Waals surface area contributed by atoms with Gasteiger partial charge in [0, 0.05) is 7.05 Å². The highest BCUT2D eigenvalue weighted by Gasteiger charge is 2.17. The molecule has 0 atom stereocenters. The number of aromatic hydroxyl groups is 1. The van der Waals surface area contributed by atoms with Gasteiger partial charge in [-0.25, -0.2) is 4.79 Å². The van der Waals surface area contributed by atoms with Crippen molar-refractivity contribution in [2.45, 2.75) is 13.3 Å². The standard InChI is InChI=1S/C14H15N3O4/c1-3-8-7-11(17(2)16-8)13(19)15-10-6-4-5-9(12(10)18)14(20)21/h4-7,18H,3H2,1-2H3,(H,15,19)(H,20,21). The molecule has 1 amide bonds. The summed E-state index contributed by atoms with van der Waals surface area (Å²) in [5, 5.41) is 25.4. The highest BCUT2D eigenvalue weighted by atomic mass is 16.4. The van der Waals surface area contributed by atoms with E-state index in [1.165, 1.54) is 22.9 Å². The van der Waals surface area contributed by atoms with Crippen LogP contribution in [0, 0.1) is 0 Å². The van der Waals surface area contributed by atoms with Gasteiger partial charge in [0.25, 0.3) is 5.91 Å². The van der Waals surface area contributed by atoms with Gasteiger partial charge in [-0.05, 0) is 24.6 Å². The monoisotopic (exact) mass is 289 g/mol. The maximum atomic E-state index is 12.2. The predicted octanol–water partition coefficient (Wildman–Crippen LogP) is 1.64. The van der Waals surface area contributed by atoms with Crippen LogP contribution in [0.5, 0.6) is 5.75 Å². The van der Waals surface area contributed by atoms with E-state index >= 15 is 0 Å². The zero-order chi connectivity index (χ0) is 15.6. The molecule has 3 N–H and O–H groups in total. The summed E-state index contributed by atoms with van der Waals surface area (Å²) in [6.07, 6.45) is 0.695. The summed E-state index contributed by atoms with van der Waals surface area (Å²) in [4.78, 5) is 23.1. The SMILES string of the molecule is CCc1cc(C(=O)Nc2cccc(C(=O)O)c2O)n(C)n1. The summed E-state index contributed by atoms with van der Waals surface area (Å²) in [6, 6.07) is 5.77. The van der Waals surface area contributed by atoms with Crippen molar-refractivity contribution in [3.05, 3.63) is 41.2 Å². The Bertz CT molecular complexity index is 706. The Morgan fingerprint density at radius 3 is 2.67 bits per heavy atom. The molecule has 110 valence electrons. The third-order valence-corrected chi connectivity index (χ3v) is 3.04. The van der Waals surface area contributed by atoms with Crippen LogP contribution in [0.3, 0.4) is 0 Å². The number of nitrogens with one attached hydrogen (secondary N) is 1. The first-order valence-corrected chi connectivity index (χ1v) is 6.33. The van der Waals surface area contributed by atoms with E-state index in [-0.39, 0.29) is 11.3 Å². The fourth-order valence-corrected chi connectivity index (χ4v) is 1.92. The summed E-state index contributed by atoms with van der Waals surface area (Å²) in [5.41, 5.74) is 0.865. The number of rotatable bonds is 4. The van der Waals surface area contributed by atoms with E-state index < -0.39 is 17.6 Å². The van der Waals surface area contributed by atoms with E-state index in [0.29, 0.717) is 12.1 Å². The molecule has 0 saturated heterocycles. The number of para-hydroxylation sites is 1. The Hall–Kier alpha value is -2.83.